The molecule has 1 rings (SSSR count). The van der Waals surface area contributed by atoms with E-state index in [1.807, 2.05) is 18.2 Å². The smallest absolute Gasteiger partial charge is 0.0408 e. The Kier molecular flexibility index (Phi) is 3.34. The molecule has 0 bridgehead atoms. The first kappa shape index (κ1) is 10.6. The Bertz CT molecular complexity index is 279. The molecule has 0 fully saturated rings. The monoisotopic (exact) mass is 197 g/mol. The van der Waals surface area contributed by atoms with Crippen molar-refractivity contribution in [1.82, 2.24) is 0 Å². The van der Waals surface area contributed by atoms with Crippen LogP contribution in [0.4, 0.5) is 0 Å². The lowest BCUT2D eigenvalue weighted by Gasteiger charge is -2.27. The third kappa shape index (κ3) is 2.23. The normalized spacial score (nSPS) is 15.4. The average Bonchev–Trinajstić information content (AvgIpc) is 2.17. The molecule has 0 radical (unpaired) electrons. The molecule has 0 aromatic heterocycles. The molecular weight excluding hydrogens is 182 g/mol. The molecule has 1 nitrogen and oxygen atoms in total. The van der Waals surface area contributed by atoms with E-state index in [9.17, 15) is 0 Å². The minimum atomic E-state index is 0.0604. The highest BCUT2D eigenvalue weighted by molar-refractivity contribution is 6.30. The van der Waals surface area contributed by atoms with E-state index in [4.69, 9.17) is 17.3 Å². The number of nitrogens with two attached hydrogens (primary N) is 1. The second kappa shape index (κ2) is 4.12. The molecule has 0 heterocycles. The molecular formula is C11H16ClN. The zero-order valence-corrected chi connectivity index (χ0v) is 8.93. The molecule has 72 valence electrons. The summed E-state index contributed by atoms with van der Waals surface area (Å²) >= 11 is 5.92. The summed E-state index contributed by atoms with van der Waals surface area (Å²) in [5.41, 5.74) is 7.04. The van der Waals surface area contributed by atoms with E-state index >= 15 is 0 Å². The summed E-state index contributed by atoms with van der Waals surface area (Å²) in [6.07, 6.45) is 1.03. The Morgan fingerprint density at radius 1 is 1.46 bits per heavy atom. The zero-order chi connectivity index (χ0) is 9.90. The van der Waals surface area contributed by atoms with Crippen molar-refractivity contribution in [2.24, 2.45) is 5.73 Å². The van der Waals surface area contributed by atoms with Gasteiger partial charge in [0.05, 0.1) is 0 Å². The molecule has 0 aliphatic heterocycles. The van der Waals surface area contributed by atoms with E-state index in [2.05, 4.69) is 19.9 Å². The summed E-state index contributed by atoms with van der Waals surface area (Å²) < 4.78 is 0. The van der Waals surface area contributed by atoms with Gasteiger partial charge in [-0.15, -0.1) is 0 Å². The summed E-state index contributed by atoms with van der Waals surface area (Å²) in [5, 5.41) is 0.783. The zero-order valence-electron chi connectivity index (χ0n) is 8.18. The van der Waals surface area contributed by atoms with Crippen LogP contribution in [0.1, 0.15) is 25.8 Å². The number of benzene rings is 1. The van der Waals surface area contributed by atoms with Gasteiger partial charge >= 0.3 is 0 Å². The highest BCUT2D eigenvalue weighted by Crippen LogP contribution is 2.27. The number of hydrogen-bond donors (Lipinski definition) is 1. The Morgan fingerprint density at radius 3 is 2.62 bits per heavy atom. The van der Waals surface area contributed by atoms with Gasteiger partial charge in [0.25, 0.3) is 0 Å². The van der Waals surface area contributed by atoms with Gasteiger partial charge in [0.15, 0.2) is 0 Å². The van der Waals surface area contributed by atoms with Crippen LogP contribution in [0.25, 0.3) is 0 Å². The van der Waals surface area contributed by atoms with E-state index in [0.717, 1.165) is 11.4 Å². The van der Waals surface area contributed by atoms with Crippen molar-refractivity contribution >= 4 is 11.6 Å². The Morgan fingerprint density at radius 2 is 2.15 bits per heavy atom. The minimum absolute atomic E-state index is 0.0604. The lowest BCUT2D eigenvalue weighted by Crippen LogP contribution is -2.30. The van der Waals surface area contributed by atoms with Crippen LogP contribution in [0.2, 0.25) is 5.02 Å². The van der Waals surface area contributed by atoms with Gasteiger partial charge in [0.1, 0.15) is 0 Å². The topological polar surface area (TPSA) is 26.0 Å². The van der Waals surface area contributed by atoms with Crippen LogP contribution >= 0.6 is 11.6 Å². The number of hydrogen-bond acceptors (Lipinski definition) is 1. The van der Waals surface area contributed by atoms with E-state index in [-0.39, 0.29) is 5.41 Å². The Hall–Kier alpha value is -0.530. The van der Waals surface area contributed by atoms with Gasteiger partial charge < -0.3 is 5.73 Å². The Balaban J connectivity index is 3.05. The van der Waals surface area contributed by atoms with Gasteiger partial charge in [0, 0.05) is 17.0 Å². The SMILES string of the molecule is CCC(C)(CN)c1cccc(Cl)c1. The fourth-order valence-corrected chi connectivity index (χ4v) is 1.52. The summed E-state index contributed by atoms with van der Waals surface area (Å²) in [4.78, 5) is 0. The molecule has 0 saturated carbocycles. The van der Waals surface area contributed by atoms with E-state index < -0.39 is 0 Å². The van der Waals surface area contributed by atoms with Gasteiger partial charge in [-0.25, -0.2) is 0 Å². The predicted molar refractivity (Wildman–Crippen MR) is 58.1 cm³/mol. The van der Waals surface area contributed by atoms with Crippen LogP contribution in [-0.2, 0) is 5.41 Å². The highest BCUT2D eigenvalue weighted by Gasteiger charge is 2.22. The highest BCUT2D eigenvalue weighted by atomic mass is 35.5. The van der Waals surface area contributed by atoms with E-state index in [0.29, 0.717) is 6.54 Å². The minimum Gasteiger partial charge on any atom is -0.330 e. The van der Waals surface area contributed by atoms with Crippen LogP contribution in [0.3, 0.4) is 0 Å². The van der Waals surface area contributed by atoms with Crippen molar-refractivity contribution in [3.8, 4) is 0 Å². The maximum atomic E-state index is 5.92. The molecule has 0 aliphatic rings. The third-order valence-corrected chi connectivity index (χ3v) is 2.99. The van der Waals surface area contributed by atoms with Crippen molar-refractivity contribution in [3.63, 3.8) is 0 Å². The van der Waals surface area contributed by atoms with Crippen molar-refractivity contribution in [3.05, 3.63) is 34.9 Å². The summed E-state index contributed by atoms with van der Waals surface area (Å²) in [6.45, 7) is 4.97. The molecule has 1 aromatic rings. The molecule has 1 aromatic carbocycles. The van der Waals surface area contributed by atoms with Crippen LogP contribution in [-0.4, -0.2) is 6.54 Å². The van der Waals surface area contributed by atoms with Crippen molar-refractivity contribution < 1.29 is 0 Å². The molecule has 2 heteroatoms. The van der Waals surface area contributed by atoms with E-state index in [1.165, 1.54) is 5.56 Å². The second-order valence-electron chi connectivity index (χ2n) is 3.63. The van der Waals surface area contributed by atoms with Gasteiger partial charge in [-0.3, -0.25) is 0 Å². The number of halogens is 1. The van der Waals surface area contributed by atoms with Gasteiger partial charge in [-0.2, -0.15) is 0 Å². The molecule has 1 atom stereocenters. The van der Waals surface area contributed by atoms with Crippen molar-refractivity contribution in [2.45, 2.75) is 25.7 Å². The first-order chi connectivity index (χ1) is 6.12. The molecule has 0 aliphatic carbocycles. The van der Waals surface area contributed by atoms with Gasteiger partial charge in [-0.1, -0.05) is 37.6 Å². The summed E-state index contributed by atoms with van der Waals surface area (Å²) in [5.74, 6) is 0. The second-order valence-corrected chi connectivity index (χ2v) is 4.07. The van der Waals surface area contributed by atoms with E-state index in [1.54, 1.807) is 0 Å². The first-order valence-corrected chi connectivity index (χ1v) is 4.96. The molecule has 2 N–H and O–H groups in total. The largest absolute Gasteiger partial charge is 0.330 e. The fourth-order valence-electron chi connectivity index (χ4n) is 1.33. The maximum Gasteiger partial charge on any atom is 0.0408 e. The van der Waals surface area contributed by atoms with Gasteiger partial charge in [-0.05, 0) is 24.1 Å². The molecule has 0 amide bonds. The molecule has 1 unspecified atom stereocenters. The first-order valence-electron chi connectivity index (χ1n) is 4.58. The van der Waals surface area contributed by atoms with Crippen LogP contribution in [0.5, 0.6) is 0 Å². The maximum absolute atomic E-state index is 5.92. The number of rotatable bonds is 3. The average molecular weight is 198 g/mol. The van der Waals surface area contributed by atoms with Crippen LogP contribution in [0, 0.1) is 0 Å². The standard InChI is InChI=1S/C11H16ClN/c1-3-11(2,8-13)9-5-4-6-10(12)7-9/h4-7H,3,8,13H2,1-2H3. The summed E-state index contributed by atoms with van der Waals surface area (Å²) in [6, 6.07) is 7.94. The fraction of sp³-hybridized carbons (Fsp3) is 0.455. The Labute approximate surface area is 84.9 Å². The molecule has 13 heavy (non-hydrogen) atoms. The lowest BCUT2D eigenvalue weighted by atomic mass is 9.80. The third-order valence-electron chi connectivity index (χ3n) is 2.75. The summed E-state index contributed by atoms with van der Waals surface area (Å²) in [7, 11) is 0. The van der Waals surface area contributed by atoms with Crippen LogP contribution in [0.15, 0.2) is 24.3 Å². The lowest BCUT2D eigenvalue weighted by molar-refractivity contribution is 0.467. The van der Waals surface area contributed by atoms with Crippen molar-refractivity contribution in [2.75, 3.05) is 6.54 Å². The quantitative estimate of drug-likeness (QED) is 0.792. The van der Waals surface area contributed by atoms with Crippen molar-refractivity contribution in [1.29, 1.82) is 0 Å². The van der Waals surface area contributed by atoms with Gasteiger partial charge in [0.2, 0.25) is 0 Å². The van der Waals surface area contributed by atoms with Crippen LogP contribution < -0.4 is 5.73 Å². The molecule has 0 spiro atoms. The molecule has 0 saturated heterocycles. The predicted octanol–water partition coefficient (Wildman–Crippen LogP) is 2.97.